The normalized spacial score (nSPS) is 10.6. The second kappa shape index (κ2) is 10.7. The number of nitrogens with one attached hydrogen (secondary N) is 1. The predicted molar refractivity (Wildman–Crippen MR) is 132 cm³/mol. The maximum atomic E-state index is 12.7. The van der Waals surface area contributed by atoms with Gasteiger partial charge in [-0.05, 0) is 24.6 Å². The molecular weight excluding hydrogens is 478 g/mol. The number of anilines is 2. The van der Waals surface area contributed by atoms with Crippen LogP contribution in [-0.4, -0.2) is 66.7 Å². The molecule has 0 fully saturated rings. The Bertz CT molecular complexity index is 1230. The van der Waals surface area contributed by atoms with Crippen LogP contribution in [0.4, 0.5) is 10.7 Å². The third-order valence-electron chi connectivity index (χ3n) is 4.95. The lowest BCUT2D eigenvalue weighted by molar-refractivity contribution is -0.113. The van der Waals surface area contributed by atoms with Gasteiger partial charge < -0.3 is 24.3 Å². The highest BCUT2D eigenvalue weighted by atomic mass is 32.2. The quantitative estimate of drug-likeness (QED) is 0.365. The van der Waals surface area contributed by atoms with Gasteiger partial charge in [-0.3, -0.25) is 4.79 Å². The SMILES string of the molecule is COC(=O)c1sc(NC(=O)CSc2nnc(-c3cccc(N(C)C)c3)n2C)c(C(=O)OC)c1C. The number of amides is 1. The maximum absolute atomic E-state index is 12.7. The van der Waals surface area contributed by atoms with Crippen LogP contribution in [0.25, 0.3) is 11.4 Å². The summed E-state index contributed by atoms with van der Waals surface area (Å²) in [6.07, 6.45) is 0. The largest absolute Gasteiger partial charge is 0.465 e. The summed E-state index contributed by atoms with van der Waals surface area (Å²) >= 11 is 2.17. The van der Waals surface area contributed by atoms with E-state index in [9.17, 15) is 14.4 Å². The number of carbonyl (C=O) groups excluding carboxylic acids is 3. The van der Waals surface area contributed by atoms with E-state index in [0.29, 0.717) is 16.5 Å². The molecule has 0 saturated carbocycles. The van der Waals surface area contributed by atoms with E-state index in [4.69, 9.17) is 9.47 Å². The van der Waals surface area contributed by atoms with Crippen molar-refractivity contribution in [1.29, 1.82) is 0 Å². The first-order chi connectivity index (χ1) is 16.2. The number of aromatic nitrogens is 3. The summed E-state index contributed by atoms with van der Waals surface area (Å²) < 4.78 is 11.4. The lowest BCUT2D eigenvalue weighted by atomic mass is 10.1. The Morgan fingerprint density at radius 1 is 1.15 bits per heavy atom. The number of carbonyl (C=O) groups is 3. The molecule has 0 aliphatic rings. The molecule has 2 aromatic heterocycles. The highest BCUT2D eigenvalue weighted by Gasteiger charge is 2.27. The van der Waals surface area contributed by atoms with Gasteiger partial charge in [0.1, 0.15) is 9.88 Å². The van der Waals surface area contributed by atoms with Crippen molar-refractivity contribution in [2.24, 2.45) is 7.05 Å². The summed E-state index contributed by atoms with van der Waals surface area (Å²) in [5.41, 5.74) is 2.47. The molecular formula is C22H25N5O5S2. The molecule has 180 valence electrons. The van der Waals surface area contributed by atoms with Crippen molar-refractivity contribution >= 4 is 51.6 Å². The van der Waals surface area contributed by atoms with Gasteiger partial charge in [-0.15, -0.1) is 21.5 Å². The number of esters is 2. The highest BCUT2D eigenvalue weighted by Crippen LogP contribution is 2.34. The average Bonchev–Trinajstić information content (AvgIpc) is 3.35. The van der Waals surface area contributed by atoms with Crippen LogP contribution in [0.2, 0.25) is 0 Å². The lowest BCUT2D eigenvalue weighted by Crippen LogP contribution is -2.16. The van der Waals surface area contributed by atoms with Gasteiger partial charge in [-0.25, -0.2) is 9.59 Å². The zero-order valence-corrected chi connectivity index (χ0v) is 21.3. The lowest BCUT2D eigenvalue weighted by Gasteiger charge is -2.13. The number of ether oxygens (including phenoxy) is 2. The van der Waals surface area contributed by atoms with Crippen molar-refractivity contribution in [3.63, 3.8) is 0 Å². The van der Waals surface area contributed by atoms with E-state index in [-0.39, 0.29) is 27.1 Å². The van der Waals surface area contributed by atoms with E-state index in [1.807, 2.05) is 54.9 Å². The van der Waals surface area contributed by atoms with Crippen molar-refractivity contribution in [2.75, 3.05) is 44.3 Å². The Labute approximate surface area is 205 Å². The van der Waals surface area contributed by atoms with Gasteiger partial charge in [0.05, 0.1) is 25.5 Å². The Morgan fingerprint density at radius 3 is 2.50 bits per heavy atom. The standard InChI is InChI=1S/C22H25N5O5S2/c1-12-16(20(29)31-5)19(34-17(12)21(30)32-6)23-15(28)11-33-22-25-24-18(27(22)4)13-8-7-9-14(10-13)26(2)3/h7-10H,11H2,1-6H3,(H,23,28). The molecule has 0 atom stereocenters. The summed E-state index contributed by atoms with van der Waals surface area (Å²) in [6.45, 7) is 1.60. The van der Waals surface area contributed by atoms with Gasteiger partial charge in [0.15, 0.2) is 11.0 Å². The highest BCUT2D eigenvalue weighted by molar-refractivity contribution is 7.99. The maximum Gasteiger partial charge on any atom is 0.348 e. The molecule has 0 radical (unpaired) electrons. The molecule has 0 bridgehead atoms. The second-order valence-electron chi connectivity index (χ2n) is 7.39. The Hall–Kier alpha value is -3.38. The first-order valence-corrected chi connectivity index (χ1v) is 11.9. The first kappa shape index (κ1) is 25.2. The smallest absolute Gasteiger partial charge is 0.348 e. The van der Waals surface area contributed by atoms with Crippen LogP contribution in [0.1, 0.15) is 25.6 Å². The predicted octanol–water partition coefficient (Wildman–Crippen LogP) is 3.22. The van der Waals surface area contributed by atoms with E-state index in [2.05, 4.69) is 15.5 Å². The van der Waals surface area contributed by atoms with Crippen LogP contribution < -0.4 is 10.2 Å². The van der Waals surface area contributed by atoms with Crippen LogP contribution >= 0.6 is 23.1 Å². The molecule has 0 spiro atoms. The van der Waals surface area contributed by atoms with Crippen molar-refractivity contribution in [2.45, 2.75) is 12.1 Å². The van der Waals surface area contributed by atoms with Gasteiger partial charge in [-0.1, -0.05) is 23.9 Å². The fourth-order valence-corrected chi connectivity index (χ4v) is 4.99. The minimum absolute atomic E-state index is 0.0226. The molecule has 34 heavy (non-hydrogen) atoms. The van der Waals surface area contributed by atoms with Crippen molar-refractivity contribution in [3.05, 3.63) is 40.3 Å². The molecule has 3 rings (SSSR count). The zero-order chi connectivity index (χ0) is 25.0. The number of thiophene rings is 1. The van der Waals surface area contributed by atoms with E-state index < -0.39 is 11.9 Å². The Morgan fingerprint density at radius 2 is 1.85 bits per heavy atom. The first-order valence-electron chi connectivity index (χ1n) is 10.1. The Kier molecular flexibility index (Phi) is 7.94. The summed E-state index contributed by atoms with van der Waals surface area (Å²) in [4.78, 5) is 39.1. The van der Waals surface area contributed by atoms with Gasteiger partial charge in [0.2, 0.25) is 5.91 Å². The van der Waals surface area contributed by atoms with Crippen LogP contribution in [0, 0.1) is 6.92 Å². The van der Waals surface area contributed by atoms with Crippen LogP contribution in [0.15, 0.2) is 29.4 Å². The molecule has 0 saturated heterocycles. The molecule has 1 N–H and O–H groups in total. The minimum Gasteiger partial charge on any atom is -0.465 e. The molecule has 2 heterocycles. The molecule has 0 aliphatic heterocycles. The minimum atomic E-state index is -0.648. The fourth-order valence-electron chi connectivity index (χ4n) is 3.14. The molecule has 0 aliphatic carbocycles. The molecule has 12 heteroatoms. The van der Waals surface area contributed by atoms with Gasteiger partial charge in [-0.2, -0.15) is 0 Å². The Balaban J connectivity index is 1.75. The van der Waals surface area contributed by atoms with Gasteiger partial charge in [0, 0.05) is 32.4 Å². The number of benzene rings is 1. The number of hydrogen-bond donors (Lipinski definition) is 1. The topological polar surface area (TPSA) is 116 Å². The number of rotatable bonds is 8. The molecule has 0 unspecified atom stereocenters. The van der Waals surface area contributed by atoms with E-state index in [0.717, 1.165) is 22.6 Å². The molecule has 1 amide bonds. The number of methoxy groups -OCH3 is 2. The summed E-state index contributed by atoms with van der Waals surface area (Å²) in [6, 6.07) is 7.91. The number of hydrogen-bond acceptors (Lipinski definition) is 10. The third kappa shape index (κ3) is 5.23. The van der Waals surface area contributed by atoms with Crippen molar-refractivity contribution < 1.29 is 23.9 Å². The molecule has 3 aromatic rings. The van der Waals surface area contributed by atoms with E-state index in [1.165, 1.54) is 26.0 Å². The van der Waals surface area contributed by atoms with Gasteiger partial charge in [0.25, 0.3) is 0 Å². The fraction of sp³-hybridized carbons (Fsp3) is 0.318. The van der Waals surface area contributed by atoms with Crippen molar-refractivity contribution in [1.82, 2.24) is 14.8 Å². The van der Waals surface area contributed by atoms with Crippen LogP contribution in [0.5, 0.6) is 0 Å². The molecule has 1 aromatic carbocycles. The molecule has 10 nitrogen and oxygen atoms in total. The van der Waals surface area contributed by atoms with Gasteiger partial charge >= 0.3 is 11.9 Å². The third-order valence-corrected chi connectivity index (χ3v) is 7.16. The van der Waals surface area contributed by atoms with Crippen LogP contribution in [0.3, 0.4) is 0 Å². The number of thioether (sulfide) groups is 1. The summed E-state index contributed by atoms with van der Waals surface area (Å²) in [7, 11) is 8.24. The average molecular weight is 504 g/mol. The van der Waals surface area contributed by atoms with E-state index >= 15 is 0 Å². The number of nitrogens with zero attached hydrogens (tertiary/aromatic N) is 4. The summed E-state index contributed by atoms with van der Waals surface area (Å²) in [5.74, 6) is -0.908. The van der Waals surface area contributed by atoms with E-state index in [1.54, 1.807) is 6.92 Å². The monoisotopic (exact) mass is 503 g/mol. The van der Waals surface area contributed by atoms with Crippen molar-refractivity contribution in [3.8, 4) is 11.4 Å². The van der Waals surface area contributed by atoms with Crippen LogP contribution in [-0.2, 0) is 21.3 Å². The second-order valence-corrected chi connectivity index (χ2v) is 9.35. The summed E-state index contributed by atoms with van der Waals surface area (Å²) in [5, 5.41) is 12.0. The zero-order valence-electron chi connectivity index (χ0n) is 19.7.